The van der Waals surface area contributed by atoms with Crippen molar-refractivity contribution in [2.45, 2.75) is 247 Å². The Morgan fingerprint density at radius 2 is 1.20 bits per heavy atom. The van der Waals surface area contributed by atoms with Gasteiger partial charge in [0.1, 0.15) is 65.8 Å². The average Bonchev–Trinajstić information content (AvgIpc) is 1.89. The topological polar surface area (TPSA) is 261 Å². The molecule has 0 bridgehead atoms. The molecule has 21 heteroatoms. The SMILES string of the molecule is COC1CC(OC2CCC3(C)C(=CCC4(O)C3C(OC(C)=O)C(OC(=O)C=Cc3ccccc3)C3(C)C(C(C)=O)CCC43O)C2)OC(C)C1OC1CC(OC)C(OC2CC(OC)C(OC3OC(C)C(O)C(OC)C3O)C(C)O2)C(C)O1. The van der Waals surface area contributed by atoms with E-state index in [4.69, 9.17) is 66.3 Å². The van der Waals surface area contributed by atoms with Gasteiger partial charge in [0.25, 0.3) is 0 Å². The number of aliphatic hydroxyl groups excluding tert-OH is 2. The molecule has 4 aliphatic carbocycles. The van der Waals surface area contributed by atoms with E-state index in [0.717, 1.165) is 11.1 Å². The minimum Gasteiger partial charge on any atom is -0.458 e. The number of fused-ring (bicyclic) bond motifs is 5. The molecular formula is C60H88O21. The molecule has 0 amide bonds. The summed E-state index contributed by atoms with van der Waals surface area (Å²) in [7, 11) is 6.21. The third kappa shape index (κ3) is 11.6. The van der Waals surface area contributed by atoms with Crippen molar-refractivity contribution in [3.63, 3.8) is 0 Å². The summed E-state index contributed by atoms with van der Waals surface area (Å²) in [4.78, 5) is 40.6. The lowest BCUT2D eigenvalue weighted by molar-refractivity contribution is -0.356. The minimum absolute atomic E-state index is 0.00277. The number of ether oxygens (including phenoxy) is 14. The monoisotopic (exact) mass is 1140 g/mol. The first-order valence-electron chi connectivity index (χ1n) is 28.9. The number of esters is 2. The fraction of sp³-hybridized carbons (Fsp3) is 0.783. The van der Waals surface area contributed by atoms with Crippen molar-refractivity contribution in [3.8, 4) is 0 Å². The second kappa shape index (κ2) is 24.9. The highest BCUT2D eigenvalue weighted by Crippen LogP contribution is 2.70. The third-order valence-corrected chi connectivity index (χ3v) is 19.7. The molecule has 26 unspecified atom stereocenters. The van der Waals surface area contributed by atoms with Gasteiger partial charge in [-0.2, -0.15) is 0 Å². The van der Waals surface area contributed by atoms with Crippen molar-refractivity contribution in [2.75, 3.05) is 28.4 Å². The van der Waals surface area contributed by atoms with Gasteiger partial charge < -0.3 is 86.7 Å². The highest BCUT2D eigenvalue weighted by molar-refractivity contribution is 5.87. The lowest BCUT2D eigenvalue weighted by Crippen LogP contribution is -2.80. The van der Waals surface area contributed by atoms with Crippen LogP contribution in [0.2, 0.25) is 0 Å². The first-order valence-corrected chi connectivity index (χ1v) is 28.9. The van der Waals surface area contributed by atoms with Crippen LogP contribution in [0.1, 0.15) is 119 Å². The Labute approximate surface area is 475 Å². The van der Waals surface area contributed by atoms with E-state index in [9.17, 15) is 34.8 Å². The maximum Gasteiger partial charge on any atom is 0.331 e. The van der Waals surface area contributed by atoms with E-state index in [2.05, 4.69) is 0 Å². The van der Waals surface area contributed by atoms with E-state index in [1.807, 2.05) is 64.1 Å². The number of methoxy groups -OCH3 is 4. The normalized spacial score (nSPS) is 47.1. The Hall–Kier alpha value is -3.33. The molecule has 9 rings (SSSR count). The summed E-state index contributed by atoms with van der Waals surface area (Å²) in [5, 5.41) is 47.9. The van der Waals surface area contributed by atoms with Crippen LogP contribution in [0, 0.1) is 22.7 Å². The van der Waals surface area contributed by atoms with Crippen LogP contribution in [-0.4, -0.2) is 201 Å². The van der Waals surface area contributed by atoms with Crippen LogP contribution in [0.25, 0.3) is 6.08 Å². The Balaban J connectivity index is 0.836. The van der Waals surface area contributed by atoms with Gasteiger partial charge in [-0.15, -0.1) is 0 Å². The maximum atomic E-state index is 13.9. The Morgan fingerprint density at radius 1 is 0.642 bits per heavy atom. The number of carbonyl (C=O) groups is 3. The fourth-order valence-electron chi connectivity index (χ4n) is 15.5. The van der Waals surface area contributed by atoms with E-state index in [0.29, 0.717) is 32.1 Å². The lowest BCUT2D eigenvalue weighted by Gasteiger charge is -2.68. The van der Waals surface area contributed by atoms with Crippen LogP contribution in [0.3, 0.4) is 0 Å². The van der Waals surface area contributed by atoms with Gasteiger partial charge in [-0.3, -0.25) is 9.59 Å². The van der Waals surface area contributed by atoms with Gasteiger partial charge in [-0.25, -0.2) is 4.79 Å². The predicted molar refractivity (Wildman–Crippen MR) is 286 cm³/mol. The molecule has 21 nitrogen and oxygen atoms in total. The molecule has 81 heavy (non-hydrogen) atoms. The summed E-state index contributed by atoms with van der Waals surface area (Å²) >= 11 is 0. The van der Waals surface area contributed by atoms with Crippen molar-refractivity contribution >= 4 is 23.8 Å². The second-order valence-electron chi connectivity index (χ2n) is 24.3. The Bertz CT molecular complexity index is 2410. The van der Waals surface area contributed by atoms with Crippen LogP contribution in [0.4, 0.5) is 0 Å². The van der Waals surface area contributed by atoms with E-state index in [1.165, 1.54) is 27.0 Å². The lowest BCUT2D eigenvalue weighted by atomic mass is 9.42. The van der Waals surface area contributed by atoms with Crippen molar-refractivity contribution < 1.29 is 101 Å². The summed E-state index contributed by atoms with van der Waals surface area (Å²) in [6.45, 7) is 13.7. The van der Waals surface area contributed by atoms with E-state index in [-0.39, 0.29) is 37.6 Å². The molecule has 7 fully saturated rings. The van der Waals surface area contributed by atoms with Gasteiger partial charge in [0.05, 0.1) is 48.8 Å². The number of ketones is 1. The molecule has 0 aromatic heterocycles. The van der Waals surface area contributed by atoms with Gasteiger partial charge in [-0.05, 0) is 90.2 Å². The van der Waals surface area contributed by atoms with Gasteiger partial charge in [0, 0.05) is 78.0 Å². The largest absolute Gasteiger partial charge is 0.458 e. The molecule has 4 N–H and O–H groups in total. The number of hydrogen-bond acceptors (Lipinski definition) is 21. The van der Waals surface area contributed by atoms with Crippen LogP contribution in [0.15, 0.2) is 48.1 Å². The molecule has 26 atom stereocenters. The molecule has 454 valence electrons. The Morgan fingerprint density at radius 3 is 1.73 bits per heavy atom. The maximum absolute atomic E-state index is 13.9. The van der Waals surface area contributed by atoms with Gasteiger partial charge in [0.2, 0.25) is 0 Å². The van der Waals surface area contributed by atoms with E-state index in [1.54, 1.807) is 41.3 Å². The standard InChI is InChI=1S/C60H88O21/c1-30(61)39-22-25-60(67)58(39,8)55(78-43(63)19-18-36-16-14-13-15-17-36)53(76-35(6)62)54-57(7)23-21-38(26-37(57)20-24-59(54,60)66)77-44-27-40(68-9)49(32(3)72-44)79-45-28-41(69-10)50(33(4)73-45)80-46-29-42(70-11)51(34(5)74-46)81-56-48(65)52(71-12)47(64)31(2)75-56/h13-20,31-34,38-42,44-56,64-67H,21-29H2,1-12H3. The molecule has 3 saturated carbocycles. The summed E-state index contributed by atoms with van der Waals surface area (Å²) in [6.07, 6.45) is -7.08. The highest BCUT2D eigenvalue weighted by atomic mass is 16.8. The smallest absolute Gasteiger partial charge is 0.331 e. The molecule has 0 radical (unpaired) electrons. The van der Waals surface area contributed by atoms with Gasteiger partial charge in [-0.1, -0.05) is 55.8 Å². The predicted octanol–water partition coefficient (Wildman–Crippen LogP) is 4.63. The number of Topliss-reactive ketones (excluding diaryl/α,β-unsaturated/α-hetero) is 1. The molecule has 1 aromatic rings. The zero-order valence-corrected chi connectivity index (χ0v) is 48.9. The molecule has 8 aliphatic rings. The summed E-state index contributed by atoms with van der Waals surface area (Å²) in [6, 6.07) is 9.22. The molecule has 1 aromatic carbocycles. The van der Waals surface area contributed by atoms with E-state index >= 15 is 0 Å². The van der Waals surface area contributed by atoms with Gasteiger partial charge in [0.15, 0.2) is 25.2 Å². The van der Waals surface area contributed by atoms with Crippen molar-refractivity contribution in [2.24, 2.45) is 22.7 Å². The quantitative estimate of drug-likeness (QED) is 0.0941. The summed E-state index contributed by atoms with van der Waals surface area (Å²) in [5.74, 6) is -3.36. The molecule has 4 heterocycles. The van der Waals surface area contributed by atoms with Crippen molar-refractivity contribution in [1.29, 1.82) is 0 Å². The van der Waals surface area contributed by atoms with E-state index < -0.39 is 163 Å². The highest BCUT2D eigenvalue weighted by Gasteiger charge is 2.81. The van der Waals surface area contributed by atoms with Crippen molar-refractivity contribution in [1.82, 2.24) is 0 Å². The van der Waals surface area contributed by atoms with Crippen LogP contribution >= 0.6 is 0 Å². The summed E-state index contributed by atoms with van der Waals surface area (Å²) < 4.78 is 87.5. The van der Waals surface area contributed by atoms with Crippen LogP contribution in [0.5, 0.6) is 0 Å². The number of benzene rings is 1. The zero-order chi connectivity index (χ0) is 58.5. The Kier molecular flexibility index (Phi) is 19.2. The molecule has 4 saturated heterocycles. The van der Waals surface area contributed by atoms with Crippen LogP contribution < -0.4 is 0 Å². The van der Waals surface area contributed by atoms with Crippen molar-refractivity contribution in [3.05, 3.63) is 53.6 Å². The minimum atomic E-state index is -1.91. The fourth-order valence-corrected chi connectivity index (χ4v) is 15.5. The van der Waals surface area contributed by atoms with Crippen LogP contribution in [-0.2, 0) is 80.7 Å². The van der Waals surface area contributed by atoms with Gasteiger partial charge >= 0.3 is 11.9 Å². The summed E-state index contributed by atoms with van der Waals surface area (Å²) in [5.41, 5.74) is -4.49. The second-order valence-corrected chi connectivity index (χ2v) is 24.3. The zero-order valence-electron chi connectivity index (χ0n) is 48.9. The molecule has 0 spiro atoms. The molecular weight excluding hydrogens is 1060 g/mol. The third-order valence-electron chi connectivity index (χ3n) is 19.7. The number of carbonyl (C=O) groups excluding carboxylic acids is 3. The number of rotatable bonds is 17. The molecule has 4 aliphatic heterocycles. The number of hydrogen-bond donors (Lipinski definition) is 4. The average molecular weight is 1150 g/mol. The first kappa shape index (κ1) is 62.2. The number of aliphatic hydroxyl groups is 4. The first-order chi connectivity index (χ1) is 38.4.